The van der Waals surface area contributed by atoms with Gasteiger partial charge in [-0.1, -0.05) is 0 Å². The number of pyridine rings is 1. The maximum absolute atomic E-state index is 5.81. The molecule has 105 valence electrons. The number of nitrogens with two attached hydrogens (primary N) is 1. The SMILES string of the molecule is COc1ncc([B]OC(C)(C)C(C)(C)OC)cc1N. The number of anilines is 1. The van der Waals surface area contributed by atoms with Crippen molar-refractivity contribution in [3.05, 3.63) is 12.3 Å². The predicted octanol–water partition coefficient (Wildman–Crippen LogP) is 1.14. The van der Waals surface area contributed by atoms with Gasteiger partial charge in [0.25, 0.3) is 0 Å². The molecule has 1 rings (SSSR count). The van der Waals surface area contributed by atoms with Crippen molar-refractivity contribution in [2.45, 2.75) is 38.9 Å². The fraction of sp³-hybridized carbons (Fsp3) is 0.615. The number of nitrogen functional groups attached to an aromatic ring is 1. The number of hydrogen-bond donors (Lipinski definition) is 1. The maximum Gasteiger partial charge on any atom is 0.332 e. The largest absolute Gasteiger partial charge is 0.480 e. The summed E-state index contributed by atoms with van der Waals surface area (Å²) in [4.78, 5) is 4.09. The molecule has 0 aliphatic carbocycles. The van der Waals surface area contributed by atoms with E-state index in [9.17, 15) is 0 Å². The molecule has 0 unspecified atom stereocenters. The van der Waals surface area contributed by atoms with Crippen molar-refractivity contribution < 1.29 is 14.1 Å². The number of ether oxygens (including phenoxy) is 2. The Balaban J connectivity index is 2.74. The van der Waals surface area contributed by atoms with Crippen molar-refractivity contribution in [1.29, 1.82) is 0 Å². The summed E-state index contributed by atoms with van der Waals surface area (Å²) in [5, 5.41) is 0. The molecule has 1 aromatic heterocycles. The first-order chi connectivity index (χ1) is 8.73. The van der Waals surface area contributed by atoms with E-state index in [1.54, 1.807) is 26.9 Å². The summed E-state index contributed by atoms with van der Waals surface area (Å²) in [7, 11) is 4.82. The lowest BCUT2D eigenvalue weighted by atomic mass is 9.83. The molecule has 0 fully saturated rings. The Hall–Kier alpha value is -1.27. The van der Waals surface area contributed by atoms with Crippen LogP contribution in [0.15, 0.2) is 12.3 Å². The molecule has 0 amide bonds. The molecule has 19 heavy (non-hydrogen) atoms. The van der Waals surface area contributed by atoms with Gasteiger partial charge in [-0.25, -0.2) is 4.98 Å². The Bertz CT molecular complexity index is 436. The Morgan fingerprint density at radius 3 is 2.26 bits per heavy atom. The van der Waals surface area contributed by atoms with Gasteiger partial charge in [-0.2, -0.15) is 0 Å². The molecule has 2 N–H and O–H groups in total. The molecule has 0 saturated heterocycles. The predicted molar refractivity (Wildman–Crippen MR) is 76.8 cm³/mol. The van der Waals surface area contributed by atoms with Crippen LogP contribution in [-0.4, -0.2) is 37.9 Å². The van der Waals surface area contributed by atoms with Crippen molar-refractivity contribution in [2.75, 3.05) is 20.0 Å². The summed E-state index contributed by atoms with van der Waals surface area (Å²) >= 11 is 0. The minimum atomic E-state index is -0.490. The minimum Gasteiger partial charge on any atom is -0.480 e. The quantitative estimate of drug-likeness (QED) is 0.781. The summed E-state index contributed by atoms with van der Waals surface area (Å²) in [6.45, 7) is 7.88. The Morgan fingerprint density at radius 1 is 1.16 bits per heavy atom. The van der Waals surface area contributed by atoms with Crippen LogP contribution in [0.2, 0.25) is 0 Å². The summed E-state index contributed by atoms with van der Waals surface area (Å²) in [6, 6.07) is 1.75. The molecule has 0 spiro atoms. The van der Waals surface area contributed by atoms with Crippen molar-refractivity contribution in [3.63, 3.8) is 0 Å². The second-order valence-corrected chi connectivity index (χ2v) is 5.33. The third-order valence-electron chi connectivity index (χ3n) is 3.54. The van der Waals surface area contributed by atoms with E-state index in [4.69, 9.17) is 19.9 Å². The smallest absolute Gasteiger partial charge is 0.332 e. The molecule has 0 bridgehead atoms. The van der Waals surface area contributed by atoms with Gasteiger partial charge in [0, 0.05) is 13.3 Å². The second-order valence-electron chi connectivity index (χ2n) is 5.33. The number of nitrogens with zero attached hydrogens (tertiary/aromatic N) is 1. The van der Waals surface area contributed by atoms with E-state index in [-0.39, 0.29) is 0 Å². The average molecular weight is 265 g/mol. The van der Waals surface area contributed by atoms with Gasteiger partial charge in [-0.3, -0.25) is 0 Å². The molecule has 1 aromatic rings. The minimum absolute atomic E-state index is 0.411. The van der Waals surface area contributed by atoms with Crippen LogP contribution in [-0.2, 0) is 9.39 Å². The highest BCUT2D eigenvalue weighted by molar-refractivity contribution is 6.47. The van der Waals surface area contributed by atoms with E-state index in [0.29, 0.717) is 11.6 Å². The molecule has 0 saturated carbocycles. The molecular formula is C13H22BN2O3. The molecule has 5 nitrogen and oxygen atoms in total. The van der Waals surface area contributed by atoms with Gasteiger partial charge >= 0.3 is 7.48 Å². The van der Waals surface area contributed by atoms with Gasteiger partial charge in [0.1, 0.15) is 0 Å². The van der Waals surface area contributed by atoms with Crippen LogP contribution >= 0.6 is 0 Å². The third kappa shape index (κ3) is 3.61. The molecule has 0 aliphatic heterocycles. The standard InChI is InChI=1S/C13H22BN2O3/c1-12(2,18-6)13(3,4)19-14-9-7-10(15)11(17-5)16-8-9/h7-8H,15H2,1-6H3. The summed E-state index contributed by atoms with van der Waals surface area (Å²) in [5.74, 6) is 0.411. The van der Waals surface area contributed by atoms with Crippen LogP contribution in [0.1, 0.15) is 27.7 Å². The first-order valence-corrected chi connectivity index (χ1v) is 6.09. The van der Waals surface area contributed by atoms with E-state index in [1.165, 1.54) is 7.11 Å². The number of aromatic nitrogens is 1. The van der Waals surface area contributed by atoms with Crippen LogP contribution in [0.3, 0.4) is 0 Å². The lowest BCUT2D eigenvalue weighted by molar-refractivity contribution is -0.114. The van der Waals surface area contributed by atoms with E-state index in [2.05, 4.69) is 4.98 Å². The van der Waals surface area contributed by atoms with Crippen LogP contribution in [0.5, 0.6) is 5.88 Å². The third-order valence-corrected chi connectivity index (χ3v) is 3.54. The van der Waals surface area contributed by atoms with E-state index >= 15 is 0 Å². The molecule has 1 radical (unpaired) electrons. The first-order valence-electron chi connectivity index (χ1n) is 6.09. The topological polar surface area (TPSA) is 66.6 Å². The lowest BCUT2D eigenvalue weighted by Gasteiger charge is -2.40. The molecule has 6 heteroatoms. The molecular weight excluding hydrogens is 243 g/mol. The van der Waals surface area contributed by atoms with Crippen molar-refractivity contribution >= 4 is 18.6 Å². The Morgan fingerprint density at radius 2 is 1.79 bits per heavy atom. The highest BCUT2D eigenvalue weighted by atomic mass is 16.5. The van der Waals surface area contributed by atoms with Gasteiger partial charge in [-0.15, -0.1) is 0 Å². The van der Waals surface area contributed by atoms with E-state index in [1.807, 2.05) is 27.7 Å². The number of rotatable bonds is 6. The normalized spacial score (nSPS) is 12.3. The van der Waals surface area contributed by atoms with E-state index < -0.39 is 11.2 Å². The first kappa shape index (κ1) is 15.8. The Kier molecular flexibility index (Phi) is 4.82. The number of hydrogen-bond acceptors (Lipinski definition) is 5. The summed E-state index contributed by atoms with van der Waals surface area (Å²) in [6.07, 6.45) is 1.64. The zero-order valence-electron chi connectivity index (χ0n) is 12.5. The van der Waals surface area contributed by atoms with Crippen LogP contribution in [0.4, 0.5) is 5.69 Å². The zero-order valence-corrected chi connectivity index (χ0v) is 12.5. The van der Waals surface area contributed by atoms with E-state index in [0.717, 1.165) is 5.46 Å². The van der Waals surface area contributed by atoms with Crippen LogP contribution < -0.4 is 15.9 Å². The monoisotopic (exact) mass is 265 g/mol. The molecule has 0 aliphatic rings. The molecule has 0 atom stereocenters. The lowest BCUT2D eigenvalue weighted by Crippen LogP contribution is -2.50. The van der Waals surface area contributed by atoms with Crippen LogP contribution in [0.25, 0.3) is 0 Å². The molecule has 0 aromatic carbocycles. The maximum atomic E-state index is 5.81. The highest BCUT2D eigenvalue weighted by Gasteiger charge is 2.37. The van der Waals surface area contributed by atoms with Gasteiger partial charge < -0.3 is 19.9 Å². The van der Waals surface area contributed by atoms with Gasteiger partial charge in [0.05, 0.1) is 24.0 Å². The average Bonchev–Trinajstić information content (AvgIpc) is 2.36. The summed E-state index contributed by atoms with van der Waals surface area (Å²) < 4.78 is 16.3. The van der Waals surface area contributed by atoms with Gasteiger partial charge in [0.15, 0.2) is 0 Å². The Labute approximate surface area is 115 Å². The fourth-order valence-corrected chi connectivity index (χ4v) is 1.32. The van der Waals surface area contributed by atoms with Crippen molar-refractivity contribution in [2.24, 2.45) is 0 Å². The van der Waals surface area contributed by atoms with Crippen LogP contribution in [0, 0.1) is 0 Å². The van der Waals surface area contributed by atoms with Crippen molar-refractivity contribution in [3.8, 4) is 5.88 Å². The fourth-order valence-electron chi connectivity index (χ4n) is 1.32. The summed E-state index contributed by atoms with van der Waals surface area (Å²) in [5.41, 5.74) is 6.14. The van der Waals surface area contributed by atoms with Crippen molar-refractivity contribution in [1.82, 2.24) is 4.98 Å². The number of methoxy groups -OCH3 is 2. The molecule has 1 heterocycles. The second kappa shape index (κ2) is 5.80. The zero-order chi connectivity index (χ0) is 14.7. The van der Waals surface area contributed by atoms with Gasteiger partial charge in [-0.05, 0) is 39.2 Å². The highest BCUT2D eigenvalue weighted by Crippen LogP contribution is 2.27. The van der Waals surface area contributed by atoms with Gasteiger partial charge in [0.2, 0.25) is 5.88 Å².